The Bertz CT molecular complexity index is 516. The molecule has 6 heteroatoms. The number of para-hydroxylation sites is 2. The molecule has 1 aromatic heterocycles. The van der Waals surface area contributed by atoms with E-state index in [2.05, 4.69) is 9.97 Å². The average Bonchev–Trinajstić information content (AvgIpc) is 2.16. The lowest BCUT2D eigenvalue weighted by Crippen LogP contribution is -2.03. The standard InChI is InChI=1S/C9H5ClN2O2.ClH/c10-8-7(9(13)14)11-5-3-1-2-4-6(5)12-8;/h1-4H,(H,13,14);1H. The Labute approximate surface area is 96.3 Å². The predicted molar refractivity (Wildman–Crippen MR) is 58.8 cm³/mol. The summed E-state index contributed by atoms with van der Waals surface area (Å²) in [5.41, 5.74) is 0.891. The minimum absolute atomic E-state index is 0. The molecule has 2 rings (SSSR count). The molecule has 1 N–H and O–H groups in total. The monoisotopic (exact) mass is 244 g/mol. The van der Waals surface area contributed by atoms with Gasteiger partial charge in [0.2, 0.25) is 0 Å². The van der Waals surface area contributed by atoms with Crippen LogP contribution in [-0.2, 0) is 0 Å². The van der Waals surface area contributed by atoms with Gasteiger partial charge in [-0.3, -0.25) is 0 Å². The second kappa shape index (κ2) is 4.42. The van der Waals surface area contributed by atoms with Gasteiger partial charge >= 0.3 is 5.97 Å². The van der Waals surface area contributed by atoms with Crippen molar-refractivity contribution in [2.45, 2.75) is 0 Å². The molecule has 0 bridgehead atoms. The van der Waals surface area contributed by atoms with Crippen molar-refractivity contribution in [3.63, 3.8) is 0 Å². The quantitative estimate of drug-likeness (QED) is 0.837. The molecule has 0 aliphatic rings. The summed E-state index contributed by atoms with van der Waals surface area (Å²) < 4.78 is 0. The zero-order chi connectivity index (χ0) is 10.1. The molecule has 1 aromatic carbocycles. The van der Waals surface area contributed by atoms with Crippen molar-refractivity contribution < 1.29 is 9.90 Å². The number of benzene rings is 1. The van der Waals surface area contributed by atoms with Crippen molar-refractivity contribution in [2.75, 3.05) is 0 Å². The van der Waals surface area contributed by atoms with Gasteiger partial charge in [-0.05, 0) is 12.1 Å². The van der Waals surface area contributed by atoms with Crippen LogP contribution >= 0.6 is 24.0 Å². The number of hydrogen-bond donors (Lipinski definition) is 1. The Morgan fingerprint density at radius 3 is 2.27 bits per heavy atom. The molecule has 0 atom stereocenters. The van der Waals surface area contributed by atoms with Gasteiger partial charge in [0.1, 0.15) is 0 Å². The summed E-state index contributed by atoms with van der Waals surface area (Å²) in [4.78, 5) is 18.5. The van der Waals surface area contributed by atoms with E-state index in [0.29, 0.717) is 11.0 Å². The Hall–Kier alpha value is -1.39. The fraction of sp³-hybridized carbons (Fsp3) is 0. The first kappa shape index (κ1) is 11.7. The normalized spacial score (nSPS) is 9.67. The SMILES string of the molecule is Cl.O=C(O)c1nc2ccccc2nc1Cl. The molecule has 2 aromatic rings. The number of nitrogens with zero attached hydrogens (tertiary/aromatic N) is 2. The summed E-state index contributed by atoms with van der Waals surface area (Å²) in [5, 5.41) is 8.65. The highest BCUT2D eigenvalue weighted by Crippen LogP contribution is 2.16. The van der Waals surface area contributed by atoms with E-state index in [1.807, 2.05) is 0 Å². The number of halogens is 2. The van der Waals surface area contributed by atoms with Gasteiger partial charge in [0, 0.05) is 0 Å². The number of carboxylic acid groups (broad SMARTS) is 1. The lowest BCUT2D eigenvalue weighted by atomic mass is 10.3. The van der Waals surface area contributed by atoms with Gasteiger partial charge in [0.25, 0.3) is 0 Å². The van der Waals surface area contributed by atoms with Crippen LogP contribution in [0.25, 0.3) is 11.0 Å². The van der Waals surface area contributed by atoms with Crippen molar-refractivity contribution in [3.05, 3.63) is 35.1 Å². The van der Waals surface area contributed by atoms with E-state index < -0.39 is 5.97 Å². The molecule has 0 spiro atoms. The summed E-state index contributed by atoms with van der Waals surface area (Å²) >= 11 is 5.64. The minimum Gasteiger partial charge on any atom is -0.476 e. The van der Waals surface area contributed by atoms with Gasteiger partial charge in [-0.25, -0.2) is 14.8 Å². The maximum atomic E-state index is 10.7. The molecule has 1 heterocycles. The first-order chi connectivity index (χ1) is 6.68. The molecule has 15 heavy (non-hydrogen) atoms. The van der Waals surface area contributed by atoms with E-state index >= 15 is 0 Å². The van der Waals surface area contributed by atoms with Crippen LogP contribution < -0.4 is 0 Å². The maximum absolute atomic E-state index is 10.7. The highest BCUT2D eigenvalue weighted by Gasteiger charge is 2.12. The Kier molecular flexibility index (Phi) is 3.44. The third-order valence-corrected chi connectivity index (χ3v) is 1.99. The number of fused-ring (bicyclic) bond motifs is 1. The lowest BCUT2D eigenvalue weighted by molar-refractivity contribution is 0.0690. The van der Waals surface area contributed by atoms with E-state index in [1.165, 1.54) is 0 Å². The van der Waals surface area contributed by atoms with Crippen LogP contribution in [0.5, 0.6) is 0 Å². The molecule has 78 valence electrons. The zero-order valence-corrected chi connectivity index (χ0v) is 8.92. The Morgan fingerprint density at radius 1 is 1.20 bits per heavy atom. The largest absolute Gasteiger partial charge is 0.476 e. The van der Waals surface area contributed by atoms with Crippen LogP contribution in [0.1, 0.15) is 10.5 Å². The third kappa shape index (κ3) is 2.16. The lowest BCUT2D eigenvalue weighted by Gasteiger charge is -1.99. The molecule has 0 unspecified atom stereocenters. The average molecular weight is 245 g/mol. The molecular formula is C9H6Cl2N2O2. The van der Waals surface area contributed by atoms with Crippen LogP contribution in [0.4, 0.5) is 0 Å². The van der Waals surface area contributed by atoms with E-state index in [4.69, 9.17) is 16.7 Å². The van der Waals surface area contributed by atoms with Gasteiger partial charge in [-0.15, -0.1) is 12.4 Å². The number of aromatic carboxylic acids is 1. The van der Waals surface area contributed by atoms with E-state index in [9.17, 15) is 4.79 Å². The van der Waals surface area contributed by atoms with Crippen molar-refractivity contribution in [3.8, 4) is 0 Å². The van der Waals surface area contributed by atoms with E-state index in [-0.39, 0.29) is 23.3 Å². The van der Waals surface area contributed by atoms with Crippen molar-refractivity contribution >= 4 is 41.0 Å². The Morgan fingerprint density at radius 2 is 1.73 bits per heavy atom. The first-order valence-electron chi connectivity index (χ1n) is 3.84. The molecule has 0 radical (unpaired) electrons. The van der Waals surface area contributed by atoms with Crippen LogP contribution in [0.15, 0.2) is 24.3 Å². The second-order valence-electron chi connectivity index (χ2n) is 2.66. The van der Waals surface area contributed by atoms with Crippen LogP contribution in [0.2, 0.25) is 5.15 Å². The molecule has 0 saturated heterocycles. The number of carbonyl (C=O) groups is 1. The second-order valence-corrected chi connectivity index (χ2v) is 3.01. The first-order valence-corrected chi connectivity index (χ1v) is 4.22. The number of hydrogen-bond acceptors (Lipinski definition) is 3. The van der Waals surface area contributed by atoms with Crippen molar-refractivity contribution in [2.24, 2.45) is 0 Å². The van der Waals surface area contributed by atoms with Crippen LogP contribution in [0, 0.1) is 0 Å². The van der Waals surface area contributed by atoms with Crippen molar-refractivity contribution in [1.82, 2.24) is 9.97 Å². The van der Waals surface area contributed by atoms with Gasteiger partial charge < -0.3 is 5.11 Å². The fourth-order valence-corrected chi connectivity index (χ4v) is 1.33. The number of carboxylic acids is 1. The number of aromatic nitrogens is 2. The van der Waals surface area contributed by atoms with Gasteiger partial charge in [-0.1, -0.05) is 23.7 Å². The molecule has 0 amide bonds. The summed E-state index contributed by atoms with van der Waals surface area (Å²) in [6.07, 6.45) is 0. The van der Waals surface area contributed by atoms with Crippen LogP contribution in [0.3, 0.4) is 0 Å². The van der Waals surface area contributed by atoms with Gasteiger partial charge in [0.05, 0.1) is 11.0 Å². The maximum Gasteiger partial charge on any atom is 0.357 e. The molecular weight excluding hydrogens is 239 g/mol. The number of rotatable bonds is 1. The highest BCUT2D eigenvalue weighted by molar-refractivity contribution is 6.32. The molecule has 0 saturated carbocycles. The van der Waals surface area contributed by atoms with Crippen LogP contribution in [-0.4, -0.2) is 21.0 Å². The van der Waals surface area contributed by atoms with Gasteiger partial charge in [0.15, 0.2) is 10.8 Å². The Balaban J connectivity index is 0.00000112. The summed E-state index contributed by atoms with van der Waals surface area (Å²) in [5.74, 6) is -1.17. The molecule has 0 aliphatic heterocycles. The summed E-state index contributed by atoms with van der Waals surface area (Å²) in [6.45, 7) is 0. The predicted octanol–water partition coefficient (Wildman–Crippen LogP) is 2.40. The smallest absolute Gasteiger partial charge is 0.357 e. The van der Waals surface area contributed by atoms with E-state index in [1.54, 1.807) is 24.3 Å². The third-order valence-electron chi connectivity index (χ3n) is 1.73. The topological polar surface area (TPSA) is 63.1 Å². The molecule has 0 fully saturated rings. The zero-order valence-electron chi connectivity index (χ0n) is 7.35. The molecule has 4 nitrogen and oxygen atoms in total. The van der Waals surface area contributed by atoms with E-state index in [0.717, 1.165) is 0 Å². The molecule has 0 aliphatic carbocycles. The fourth-order valence-electron chi connectivity index (χ4n) is 1.11. The summed E-state index contributed by atoms with van der Waals surface area (Å²) in [7, 11) is 0. The highest BCUT2D eigenvalue weighted by atomic mass is 35.5. The van der Waals surface area contributed by atoms with Gasteiger partial charge in [-0.2, -0.15) is 0 Å². The summed E-state index contributed by atoms with van der Waals surface area (Å²) in [6, 6.07) is 6.95. The minimum atomic E-state index is -1.17. The van der Waals surface area contributed by atoms with Crippen molar-refractivity contribution in [1.29, 1.82) is 0 Å².